The summed E-state index contributed by atoms with van der Waals surface area (Å²) in [5.41, 5.74) is 0. The van der Waals surface area contributed by atoms with Crippen LogP contribution in [0.1, 0.15) is 96.8 Å². The summed E-state index contributed by atoms with van der Waals surface area (Å²) in [6.07, 6.45) is 19.4. The lowest BCUT2D eigenvalue weighted by Crippen LogP contribution is -2.42. The van der Waals surface area contributed by atoms with Crippen LogP contribution < -0.4 is 0 Å². The van der Waals surface area contributed by atoms with Crippen LogP contribution in [0.3, 0.4) is 0 Å². The van der Waals surface area contributed by atoms with Crippen molar-refractivity contribution in [3.8, 4) is 0 Å². The third-order valence-electron chi connectivity index (χ3n) is 5.72. The molecule has 29 heavy (non-hydrogen) atoms. The highest BCUT2D eigenvalue weighted by molar-refractivity contribution is 4.88. The fraction of sp³-hybridized carbons (Fsp3) is 0.917. The van der Waals surface area contributed by atoms with E-state index in [9.17, 15) is 15.3 Å². The maximum Gasteiger partial charge on any atom is 0.114 e. The third kappa shape index (κ3) is 12.7. The Morgan fingerprint density at radius 2 is 1.41 bits per heavy atom. The van der Waals surface area contributed by atoms with Crippen LogP contribution >= 0.6 is 0 Å². The number of hydrogen-bond acceptors (Lipinski definition) is 5. The Kier molecular flexibility index (Phi) is 16.8. The van der Waals surface area contributed by atoms with E-state index in [1.807, 2.05) is 0 Å². The first kappa shape index (κ1) is 26.6. The molecule has 0 aromatic heterocycles. The van der Waals surface area contributed by atoms with Crippen molar-refractivity contribution < 1.29 is 24.8 Å². The molecular formula is C24H46O5. The maximum absolute atomic E-state index is 9.83. The number of rotatable bonds is 19. The summed E-state index contributed by atoms with van der Waals surface area (Å²) in [6.45, 7) is 2.69. The van der Waals surface area contributed by atoms with Gasteiger partial charge in [-0.3, -0.25) is 0 Å². The van der Waals surface area contributed by atoms with Gasteiger partial charge < -0.3 is 24.8 Å². The zero-order valence-corrected chi connectivity index (χ0v) is 18.6. The summed E-state index contributed by atoms with van der Waals surface area (Å²) >= 11 is 0. The van der Waals surface area contributed by atoms with Gasteiger partial charge in [0.05, 0.1) is 13.2 Å². The van der Waals surface area contributed by atoms with Gasteiger partial charge >= 0.3 is 0 Å². The van der Waals surface area contributed by atoms with E-state index in [1.54, 1.807) is 0 Å². The first-order valence-electron chi connectivity index (χ1n) is 12.1. The molecule has 0 aromatic rings. The fourth-order valence-electron chi connectivity index (χ4n) is 3.78. The van der Waals surface area contributed by atoms with Gasteiger partial charge in [-0.1, -0.05) is 83.3 Å². The molecule has 172 valence electrons. The second-order valence-electron chi connectivity index (χ2n) is 8.39. The van der Waals surface area contributed by atoms with Gasteiger partial charge in [0, 0.05) is 6.61 Å². The van der Waals surface area contributed by atoms with Crippen molar-refractivity contribution in [3.63, 3.8) is 0 Å². The van der Waals surface area contributed by atoms with Crippen LogP contribution in [-0.2, 0) is 9.47 Å². The first-order chi connectivity index (χ1) is 14.2. The molecule has 0 unspecified atom stereocenters. The van der Waals surface area contributed by atoms with E-state index < -0.39 is 24.4 Å². The topological polar surface area (TPSA) is 79.2 Å². The maximum atomic E-state index is 9.83. The van der Waals surface area contributed by atoms with Crippen LogP contribution in [-0.4, -0.2) is 59.6 Å². The lowest BCUT2D eigenvalue weighted by Gasteiger charge is -2.24. The molecule has 3 N–H and O–H groups in total. The Balaban J connectivity index is 1.83. The van der Waals surface area contributed by atoms with Crippen LogP contribution in [0.5, 0.6) is 0 Å². The normalized spacial score (nSPS) is 23.2. The van der Waals surface area contributed by atoms with E-state index in [0.717, 1.165) is 12.8 Å². The summed E-state index contributed by atoms with van der Waals surface area (Å²) in [5.74, 6) is 0. The van der Waals surface area contributed by atoms with Crippen molar-refractivity contribution in [3.05, 3.63) is 12.2 Å². The van der Waals surface area contributed by atoms with Crippen molar-refractivity contribution in [2.75, 3.05) is 19.8 Å². The molecule has 1 aliphatic rings. The smallest absolute Gasteiger partial charge is 0.114 e. The summed E-state index contributed by atoms with van der Waals surface area (Å²) in [7, 11) is 0. The number of allylic oxidation sites excluding steroid dienone is 2. The van der Waals surface area contributed by atoms with Crippen LogP contribution in [0.25, 0.3) is 0 Å². The van der Waals surface area contributed by atoms with E-state index in [1.165, 1.54) is 77.0 Å². The minimum atomic E-state index is -0.977. The Bertz CT molecular complexity index is 387. The van der Waals surface area contributed by atoms with Crippen molar-refractivity contribution in [2.45, 2.75) is 121 Å². The molecule has 0 radical (unpaired) electrons. The number of hydrogen-bond donors (Lipinski definition) is 3. The predicted octanol–water partition coefficient (Wildman–Crippen LogP) is 4.52. The minimum absolute atomic E-state index is 0.0990. The van der Waals surface area contributed by atoms with Gasteiger partial charge in [0.2, 0.25) is 0 Å². The largest absolute Gasteiger partial charge is 0.394 e. The molecule has 5 nitrogen and oxygen atoms in total. The monoisotopic (exact) mass is 414 g/mol. The van der Waals surface area contributed by atoms with E-state index in [4.69, 9.17) is 9.47 Å². The van der Waals surface area contributed by atoms with Crippen molar-refractivity contribution in [1.82, 2.24) is 0 Å². The molecule has 1 saturated heterocycles. The third-order valence-corrected chi connectivity index (χ3v) is 5.72. The van der Waals surface area contributed by atoms with Gasteiger partial charge in [-0.25, -0.2) is 0 Å². The standard InChI is InChI=1S/C24H46O5/c1-2-3-4-5-6-7-8-9-10-11-12-13-14-15-16-17-18-28-22(19-25)24-23(27)21(26)20-29-24/h5-6,21-27H,2-4,7-20H2,1H3/b6-5+/t21-,22+,23+,24+/m0/s1. The van der Waals surface area contributed by atoms with E-state index >= 15 is 0 Å². The van der Waals surface area contributed by atoms with Crippen LogP contribution in [0, 0.1) is 0 Å². The Morgan fingerprint density at radius 1 is 0.862 bits per heavy atom. The van der Waals surface area contributed by atoms with E-state index in [0.29, 0.717) is 6.61 Å². The van der Waals surface area contributed by atoms with Gasteiger partial charge in [-0.2, -0.15) is 0 Å². The highest BCUT2D eigenvalue weighted by Crippen LogP contribution is 2.20. The van der Waals surface area contributed by atoms with E-state index in [-0.39, 0.29) is 13.2 Å². The molecule has 5 heteroatoms. The number of aliphatic hydroxyl groups excluding tert-OH is 3. The average molecular weight is 415 g/mol. The second kappa shape index (κ2) is 18.3. The summed E-state index contributed by atoms with van der Waals surface area (Å²) in [6, 6.07) is 0. The van der Waals surface area contributed by atoms with Crippen molar-refractivity contribution >= 4 is 0 Å². The lowest BCUT2D eigenvalue weighted by atomic mass is 10.1. The Morgan fingerprint density at radius 3 is 1.93 bits per heavy atom. The molecule has 0 aliphatic carbocycles. The van der Waals surface area contributed by atoms with Gasteiger partial charge in [0.25, 0.3) is 0 Å². The van der Waals surface area contributed by atoms with Gasteiger partial charge in [-0.05, 0) is 25.7 Å². The number of ether oxygens (including phenoxy) is 2. The highest BCUT2D eigenvalue weighted by atomic mass is 16.6. The Hall–Kier alpha value is -0.460. The molecule has 4 atom stereocenters. The molecule has 1 aliphatic heterocycles. The zero-order valence-electron chi connectivity index (χ0n) is 18.6. The molecule has 0 aromatic carbocycles. The van der Waals surface area contributed by atoms with Crippen LogP contribution in [0.4, 0.5) is 0 Å². The minimum Gasteiger partial charge on any atom is -0.394 e. The molecule has 1 fully saturated rings. The number of aliphatic hydroxyl groups is 3. The fourth-order valence-corrected chi connectivity index (χ4v) is 3.78. The van der Waals surface area contributed by atoms with Gasteiger partial charge in [0.1, 0.15) is 24.4 Å². The molecule has 0 spiro atoms. The summed E-state index contributed by atoms with van der Waals surface area (Å²) in [5, 5.41) is 28.8. The van der Waals surface area contributed by atoms with Crippen molar-refractivity contribution in [1.29, 1.82) is 0 Å². The summed E-state index contributed by atoms with van der Waals surface area (Å²) < 4.78 is 11.0. The van der Waals surface area contributed by atoms with Crippen LogP contribution in [0.2, 0.25) is 0 Å². The zero-order chi connectivity index (χ0) is 21.2. The molecule has 1 heterocycles. The molecule has 0 bridgehead atoms. The Labute approximate surface area is 178 Å². The van der Waals surface area contributed by atoms with Gasteiger partial charge in [0.15, 0.2) is 0 Å². The van der Waals surface area contributed by atoms with Crippen LogP contribution in [0.15, 0.2) is 12.2 Å². The van der Waals surface area contributed by atoms with Gasteiger partial charge in [-0.15, -0.1) is 0 Å². The molecule has 0 saturated carbocycles. The molecule has 1 rings (SSSR count). The first-order valence-corrected chi connectivity index (χ1v) is 12.1. The molecular weight excluding hydrogens is 368 g/mol. The predicted molar refractivity (Wildman–Crippen MR) is 118 cm³/mol. The average Bonchev–Trinajstić information content (AvgIpc) is 3.06. The lowest BCUT2D eigenvalue weighted by molar-refractivity contribution is -0.101. The highest BCUT2D eigenvalue weighted by Gasteiger charge is 2.40. The van der Waals surface area contributed by atoms with Crippen molar-refractivity contribution in [2.24, 2.45) is 0 Å². The second-order valence-corrected chi connectivity index (χ2v) is 8.39. The summed E-state index contributed by atoms with van der Waals surface area (Å²) in [4.78, 5) is 0. The SMILES string of the molecule is CCCC/C=C/CCCCCCCCCCCCO[C@H](CO)[C@H]1OC[C@H](O)[C@H]1O. The number of unbranched alkanes of at least 4 members (excludes halogenated alkanes) is 12. The molecule has 0 amide bonds. The van der Waals surface area contributed by atoms with E-state index in [2.05, 4.69) is 19.1 Å². The quantitative estimate of drug-likeness (QED) is 0.214.